The van der Waals surface area contributed by atoms with Crippen molar-refractivity contribution in [2.45, 2.75) is 20.0 Å². The largest absolute Gasteiger partial charge is 0.350 e. The SMILES string of the molecule is Cc1cccc(Cn2cnc3c(cnn3CCNC(=O)c3ccc(Br)cc3)c2=O)c1. The summed E-state index contributed by atoms with van der Waals surface area (Å²) in [6.07, 6.45) is 3.08. The maximum Gasteiger partial charge on any atom is 0.264 e. The molecule has 0 fully saturated rings. The molecule has 30 heavy (non-hydrogen) atoms. The highest BCUT2D eigenvalue weighted by Crippen LogP contribution is 2.11. The Morgan fingerprint density at radius 1 is 1.17 bits per heavy atom. The summed E-state index contributed by atoms with van der Waals surface area (Å²) in [5.41, 5.74) is 3.15. The first-order chi connectivity index (χ1) is 14.5. The summed E-state index contributed by atoms with van der Waals surface area (Å²) in [6.45, 7) is 3.27. The quantitative estimate of drug-likeness (QED) is 0.474. The summed E-state index contributed by atoms with van der Waals surface area (Å²) in [5, 5.41) is 7.60. The van der Waals surface area contributed by atoms with E-state index in [0.717, 1.165) is 15.6 Å². The summed E-state index contributed by atoms with van der Waals surface area (Å²) in [7, 11) is 0. The lowest BCUT2D eigenvalue weighted by atomic mass is 10.1. The fourth-order valence-corrected chi connectivity index (χ4v) is 3.52. The molecular formula is C22H20BrN5O2. The number of carbonyl (C=O) groups is 1. The van der Waals surface area contributed by atoms with Crippen molar-refractivity contribution in [3.8, 4) is 0 Å². The van der Waals surface area contributed by atoms with Crippen LogP contribution in [0, 0.1) is 6.92 Å². The number of hydrogen-bond donors (Lipinski definition) is 1. The minimum absolute atomic E-state index is 0.133. The molecule has 0 aliphatic heterocycles. The van der Waals surface area contributed by atoms with Crippen LogP contribution >= 0.6 is 15.9 Å². The molecule has 4 rings (SSSR count). The fourth-order valence-electron chi connectivity index (χ4n) is 3.26. The zero-order valence-electron chi connectivity index (χ0n) is 16.4. The van der Waals surface area contributed by atoms with E-state index in [9.17, 15) is 9.59 Å². The van der Waals surface area contributed by atoms with Crippen LogP contribution < -0.4 is 10.9 Å². The Morgan fingerprint density at radius 2 is 1.97 bits per heavy atom. The van der Waals surface area contributed by atoms with Gasteiger partial charge in [0.05, 0.1) is 19.3 Å². The maximum absolute atomic E-state index is 12.8. The molecule has 0 spiro atoms. The first-order valence-corrected chi connectivity index (χ1v) is 10.3. The van der Waals surface area contributed by atoms with Crippen molar-refractivity contribution in [2.24, 2.45) is 0 Å². The molecule has 1 N–H and O–H groups in total. The summed E-state index contributed by atoms with van der Waals surface area (Å²) >= 11 is 3.35. The number of nitrogens with zero attached hydrogens (tertiary/aromatic N) is 4. The summed E-state index contributed by atoms with van der Waals surface area (Å²) in [6, 6.07) is 15.2. The zero-order valence-corrected chi connectivity index (χ0v) is 18.0. The highest BCUT2D eigenvalue weighted by molar-refractivity contribution is 9.10. The average molecular weight is 466 g/mol. The maximum atomic E-state index is 12.8. The molecule has 2 heterocycles. The van der Waals surface area contributed by atoms with Crippen molar-refractivity contribution < 1.29 is 4.79 Å². The van der Waals surface area contributed by atoms with E-state index >= 15 is 0 Å². The van der Waals surface area contributed by atoms with Gasteiger partial charge in [-0.3, -0.25) is 14.2 Å². The number of rotatable bonds is 6. The van der Waals surface area contributed by atoms with E-state index in [1.165, 1.54) is 6.20 Å². The molecule has 0 unspecified atom stereocenters. The number of aryl methyl sites for hydroxylation is 1. The number of amides is 1. The molecule has 1 amide bonds. The van der Waals surface area contributed by atoms with E-state index in [1.807, 2.05) is 43.3 Å². The highest BCUT2D eigenvalue weighted by Gasteiger charge is 2.11. The van der Waals surface area contributed by atoms with Gasteiger partial charge in [-0.05, 0) is 36.8 Å². The molecule has 2 aromatic carbocycles. The van der Waals surface area contributed by atoms with Crippen LogP contribution in [0.5, 0.6) is 0 Å². The van der Waals surface area contributed by atoms with Gasteiger partial charge in [0.2, 0.25) is 0 Å². The van der Waals surface area contributed by atoms with Crippen LogP contribution in [0.25, 0.3) is 11.0 Å². The molecule has 0 saturated heterocycles. The Labute approximate surface area is 181 Å². The molecule has 7 nitrogen and oxygen atoms in total. The first kappa shape index (κ1) is 20.0. The van der Waals surface area contributed by atoms with Gasteiger partial charge in [0.1, 0.15) is 11.7 Å². The smallest absolute Gasteiger partial charge is 0.264 e. The second-order valence-corrected chi connectivity index (χ2v) is 7.95. The Balaban J connectivity index is 1.45. The minimum atomic E-state index is -0.160. The Kier molecular flexibility index (Phi) is 5.76. The summed E-state index contributed by atoms with van der Waals surface area (Å²) < 4.78 is 4.13. The van der Waals surface area contributed by atoms with Crippen LogP contribution in [-0.2, 0) is 13.1 Å². The van der Waals surface area contributed by atoms with Crippen molar-refractivity contribution >= 4 is 32.9 Å². The number of aromatic nitrogens is 4. The molecule has 0 aliphatic carbocycles. The first-order valence-electron chi connectivity index (χ1n) is 9.51. The fraction of sp³-hybridized carbons (Fsp3) is 0.182. The van der Waals surface area contributed by atoms with Crippen molar-refractivity contribution in [1.82, 2.24) is 24.6 Å². The van der Waals surface area contributed by atoms with E-state index in [0.29, 0.717) is 36.2 Å². The lowest BCUT2D eigenvalue weighted by molar-refractivity contribution is 0.0952. The van der Waals surface area contributed by atoms with E-state index in [-0.39, 0.29) is 11.5 Å². The second kappa shape index (κ2) is 8.62. The van der Waals surface area contributed by atoms with E-state index in [4.69, 9.17) is 0 Å². The van der Waals surface area contributed by atoms with Gasteiger partial charge in [-0.1, -0.05) is 45.8 Å². The third-order valence-electron chi connectivity index (χ3n) is 4.77. The Morgan fingerprint density at radius 3 is 2.73 bits per heavy atom. The van der Waals surface area contributed by atoms with Crippen molar-refractivity contribution in [3.63, 3.8) is 0 Å². The van der Waals surface area contributed by atoms with Gasteiger partial charge in [-0.2, -0.15) is 5.10 Å². The third kappa shape index (κ3) is 4.33. The summed E-state index contributed by atoms with van der Waals surface area (Å²) in [5.74, 6) is -0.160. The number of halogens is 1. The number of nitrogens with one attached hydrogen (secondary N) is 1. The van der Waals surface area contributed by atoms with Gasteiger partial charge in [-0.25, -0.2) is 9.67 Å². The second-order valence-electron chi connectivity index (χ2n) is 7.03. The number of fused-ring (bicyclic) bond motifs is 1. The Bertz CT molecular complexity index is 1260. The summed E-state index contributed by atoms with van der Waals surface area (Å²) in [4.78, 5) is 29.5. The molecular weight excluding hydrogens is 446 g/mol. The van der Waals surface area contributed by atoms with E-state index < -0.39 is 0 Å². The van der Waals surface area contributed by atoms with Gasteiger partial charge in [0.15, 0.2) is 5.65 Å². The van der Waals surface area contributed by atoms with Crippen LogP contribution in [0.3, 0.4) is 0 Å². The number of carbonyl (C=O) groups excluding carboxylic acids is 1. The molecule has 8 heteroatoms. The molecule has 0 atom stereocenters. The molecule has 0 saturated carbocycles. The van der Waals surface area contributed by atoms with Gasteiger partial charge in [0.25, 0.3) is 11.5 Å². The standard InChI is InChI=1S/C22H20BrN5O2/c1-15-3-2-4-16(11-15)13-27-14-25-20-19(22(27)30)12-26-28(20)10-9-24-21(29)17-5-7-18(23)8-6-17/h2-8,11-12,14H,9-10,13H2,1H3,(H,24,29). The molecule has 152 valence electrons. The van der Waals surface area contributed by atoms with Crippen molar-refractivity contribution in [2.75, 3.05) is 6.54 Å². The van der Waals surface area contributed by atoms with Gasteiger partial charge >= 0.3 is 0 Å². The lowest BCUT2D eigenvalue weighted by Crippen LogP contribution is -2.27. The predicted octanol–water partition coefficient (Wildman–Crippen LogP) is 3.14. The molecule has 0 aliphatic rings. The van der Waals surface area contributed by atoms with Crippen LogP contribution in [0.15, 0.2) is 70.3 Å². The van der Waals surface area contributed by atoms with Crippen LogP contribution in [0.4, 0.5) is 0 Å². The lowest BCUT2D eigenvalue weighted by Gasteiger charge is -2.08. The van der Waals surface area contributed by atoms with Crippen LogP contribution in [0.1, 0.15) is 21.5 Å². The number of hydrogen-bond acceptors (Lipinski definition) is 4. The number of benzene rings is 2. The molecule has 2 aromatic heterocycles. The normalized spacial score (nSPS) is 11.0. The van der Waals surface area contributed by atoms with Gasteiger partial charge in [-0.15, -0.1) is 0 Å². The average Bonchev–Trinajstić information content (AvgIpc) is 3.14. The van der Waals surface area contributed by atoms with Crippen molar-refractivity contribution in [1.29, 1.82) is 0 Å². The molecule has 0 radical (unpaired) electrons. The highest BCUT2D eigenvalue weighted by atomic mass is 79.9. The van der Waals surface area contributed by atoms with Gasteiger partial charge in [0, 0.05) is 16.6 Å². The minimum Gasteiger partial charge on any atom is -0.350 e. The van der Waals surface area contributed by atoms with E-state index in [2.05, 4.69) is 31.3 Å². The molecule has 4 aromatic rings. The zero-order chi connectivity index (χ0) is 21.1. The predicted molar refractivity (Wildman–Crippen MR) is 119 cm³/mol. The Hall–Kier alpha value is -3.26. The van der Waals surface area contributed by atoms with Gasteiger partial charge < -0.3 is 5.32 Å². The topological polar surface area (TPSA) is 81.8 Å². The third-order valence-corrected chi connectivity index (χ3v) is 5.30. The van der Waals surface area contributed by atoms with Crippen LogP contribution in [-0.4, -0.2) is 31.8 Å². The monoisotopic (exact) mass is 465 g/mol. The molecule has 0 bridgehead atoms. The van der Waals surface area contributed by atoms with Crippen molar-refractivity contribution in [3.05, 3.63) is 92.6 Å². The van der Waals surface area contributed by atoms with E-state index in [1.54, 1.807) is 27.7 Å². The van der Waals surface area contributed by atoms with Crippen LogP contribution in [0.2, 0.25) is 0 Å².